The predicted octanol–water partition coefficient (Wildman–Crippen LogP) is 3.81. The van der Waals surface area contributed by atoms with Crippen molar-refractivity contribution in [3.8, 4) is 0 Å². The molecule has 2 rings (SSSR count). The van der Waals surface area contributed by atoms with E-state index in [-0.39, 0.29) is 0 Å². The van der Waals surface area contributed by atoms with Gasteiger partial charge in [0, 0.05) is 18.5 Å². The summed E-state index contributed by atoms with van der Waals surface area (Å²) in [4.78, 5) is 18.3. The van der Waals surface area contributed by atoms with E-state index in [4.69, 9.17) is 0 Å². The number of rotatable bonds is 6. The number of aromatic nitrogens is 1. The smallest absolute Gasteiger partial charge is 0.336 e. The van der Waals surface area contributed by atoms with Crippen molar-refractivity contribution in [1.29, 1.82) is 0 Å². The number of benzene rings is 1. The standard InChI is InChI=1S/C17H22N2O2/c1-4-12(3)11-19(5-2)16-10-14(17(20)21)13-8-6-7-9-15(13)18-16/h6-10,12H,4-5,11H2,1-3H3,(H,20,21). The second-order valence-corrected chi connectivity index (χ2v) is 5.40. The Hall–Kier alpha value is -2.10. The normalized spacial score (nSPS) is 12.3. The molecule has 1 N–H and O–H groups in total. The first-order valence-electron chi connectivity index (χ1n) is 7.44. The third kappa shape index (κ3) is 3.32. The molecule has 0 aliphatic heterocycles. The molecule has 2 aromatic rings. The zero-order valence-electron chi connectivity index (χ0n) is 12.8. The molecule has 0 saturated carbocycles. The Morgan fingerprint density at radius 3 is 2.67 bits per heavy atom. The minimum Gasteiger partial charge on any atom is -0.478 e. The van der Waals surface area contributed by atoms with Crippen molar-refractivity contribution in [1.82, 2.24) is 4.98 Å². The lowest BCUT2D eigenvalue weighted by Gasteiger charge is -2.25. The van der Waals surface area contributed by atoms with Crippen molar-refractivity contribution in [3.63, 3.8) is 0 Å². The van der Waals surface area contributed by atoms with E-state index in [1.807, 2.05) is 18.2 Å². The molecule has 0 saturated heterocycles. The first-order chi connectivity index (χ1) is 10.1. The fourth-order valence-corrected chi connectivity index (χ4v) is 2.39. The van der Waals surface area contributed by atoms with Crippen molar-refractivity contribution >= 4 is 22.7 Å². The maximum absolute atomic E-state index is 11.5. The van der Waals surface area contributed by atoms with Gasteiger partial charge < -0.3 is 10.0 Å². The molecule has 0 bridgehead atoms. The molecule has 0 amide bonds. The Morgan fingerprint density at radius 2 is 2.05 bits per heavy atom. The molecule has 1 atom stereocenters. The number of fused-ring (bicyclic) bond motifs is 1. The zero-order valence-corrected chi connectivity index (χ0v) is 12.8. The second-order valence-electron chi connectivity index (χ2n) is 5.40. The molecule has 21 heavy (non-hydrogen) atoms. The average Bonchev–Trinajstić information content (AvgIpc) is 2.50. The number of pyridine rings is 1. The van der Waals surface area contributed by atoms with E-state index >= 15 is 0 Å². The molecule has 0 aliphatic carbocycles. The maximum Gasteiger partial charge on any atom is 0.336 e. The molecular weight excluding hydrogens is 264 g/mol. The van der Waals surface area contributed by atoms with Crippen molar-refractivity contribution < 1.29 is 9.90 Å². The molecule has 4 nitrogen and oxygen atoms in total. The third-order valence-electron chi connectivity index (χ3n) is 3.87. The van der Waals surface area contributed by atoms with Crippen LogP contribution in [0.1, 0.15) is 37.6 Å². The van der Waals surface area contributed by atoms with Crippen LogP contribution in [0.25, 0.3) is 10.9 Å². The quantitative estimate of drug-likeness (QED) is 0.877. The van der Waals surface area contributed by atoms with Gasteiger partial charge >= 0.3 is 5.97 Å². The van der Waals surface area contributed by atoms with Gasteiger partial charge in [0.2, 0.25) is 0 Å². The van der Waals surface area contributed by atoms with Crippen LogP contribution in [-0.4, -0.2) is 29.1 Å². The van der Waals surface area contributed by atoms with Crippen molar-refractivity contribution in [2.75, 3.05) is 18.0 Å². The van der Waals surface area contributed by atoms with E-state index in [0.717, 1.165) is 30.8 Å². The fraction of sp³-hybridized carbons (Fsp3) is 0.412. The molecule has 0 spiro atoms. The molecule has 0 aliphatic rings. The molecule has 4 heteroatoms. The molecule has 0 radical (unpaired) electrons. The number of para-hydroxylation sites is 1. The number of hydrogen-bond acceptors (Lipinski definition) is 3. The number of hydrogen-bond donors (Lipinski definition) is 1. The second kappa shape index (κ2) is 6.57. The van der Waals surface area contributed by atoms with Crippen LogP contribution in [0, 0.1) is 5.92 Å². The zero-order chi connectivity index (χ0) is 15.4. The highest BCUT2D eigenvalue weighted by atomic mass is 16.4. The summed E-state index contributed by atoms with van der Waals surface area (Å²) in [7, 11) is 0. The van der Waals surface area contributed by atoms with Crippen molar-refractivity contribution in [2.45, 2.75) is 27.2 Å². The van der Waals surface area contributed by atoms with Crippen LogP contribution < -0.4 is 4.90 Å². The number of aromatic carboxylic acids is 1. The minimum atomic E-state index is -0.908. The molecular formula is C17H22N2O2. The van der Waals surface area contributed by atoms with E-state index in [1.54, 1.807) is 12.1 Å². The van der Waals surface area contributed by atoms with Gasteiger partial charge in [0.25, 0.3) is 0 Å². The summed E-state index contributed by atoms with van der Waals surface area (Å²) in [6.45, 7) is 8.13. The van der Waals surface area contributed by atoms with Gasteiger partial charge in [-0.1, -0.05) is 38.5 Å². The number of nitrogens with zero attached hydrogens (tertiary/aromatic N) is 2. The number of anilines is 1. The van der Waals surface area contributed by atoms with Crippen LogP contribution in [0.4, 0.5) is 5.82 Å². The van der Waals surface area contributed by atoms with Gasteiger partial charge in [0.15, 0.2) is 0 Å². The summed E-state index contributed by atoms with van der Waals surface area (Å²) < 4.78 is 0. The summed E-state index contributed by atoms with van der Waals surface area (Å²) in [5, 5.41) is 10.1. The van der Waals surface area contributed by atoms with E-state index in [9.17, 15) is 9.90 Å². The molecule has 1 aromatic carbocycles. The highest BCUT2D eigenvalue weighted by Crippen LogP contribution is 2.24. The predicted molar refractivity (Wildman–Crippen MR) is 86.0 cm³/mol. The Bertz CT molecular complexity index is 640. The van der Waals surface area contributed by atoms with E-state index in [0.29, 0.717) is 16.9 Å². The largest absolute Gasteiger partial charge is 0.478 e. The molecule has 1 aromatic heterocycles. The van der Waals surface area contributed by atoms with Crippen LogP contribution in [0.3, 0.4) is 0 Å². The lowest BCUT2D eigenvalue weighted by Crippen LogP contribution is -2.29. The van der Waals surface area contributed by atoms with Gasteiger partial charge in [-0.3, -0.25) is 0 Å². The van der Waals surface area contributed by atoms with Gasteiger partial charge in [0.05, 0.1) is 11.1 Å². The Labute approximate surface area is 125 Å². The summed E-state index contributed by atoms with van der Waals surface area (Å²) in [5.74, 6) is 0.384. The van der Waals surface area contributed by atoms with Gasteiger partial charge in [-0.25, -0.2) is 9.78 Å². The van der Waals surface area contributed by atoms with Gasteiger partial charge in [-0.05, 0) is 25.0 Å². The molecule has 1 unspecified atom stereocenters. The summed E-state index contributed by atoms with van der Waals surface area (Å²) in [5.41, 5.74) is 1.05. The number of carboxylic acids is 1. The third-order valence-corrected chi connectivity index (χ3v) is 3.87. The molecule has 1 heterocycles. The van der Waals surface area contributed by atoms with Crippen LogP contribution in [-0.2, 0) is 0 Å². The molecule has 0 fully saturated rings. The van der Waals surface area contributed by atoms with Gasteiger partial charge in [0.1, 0.15) is 5.82 Å². The average molecular weight is 286 g/mol. The number of carbonyl (C=O) groups is 1. The van der Waals surface area contributed by atoms with Crippen LogP contribution >= 0.6 is 0 Å². The van der Waals surface area contributed by atoms with E-state index in [2.05, 4.69) is 30.7 Å². The SMILES string of the molecule is CCC(C)CN(CC)c1cc(C(=O)O)c2ccccc2n1. The van der Waals surface area contributed by atoms with Crippen molar-refractivity contribution in [3.05, 3.63) is 35.9 Å². The Morgan fingerprint density at radius 1 is 1.33 bits per heavy atom. The topological polar surface area (TPSA) is 53.4 Å². The fourth-order valence-electron chi connectivity index (χ4n) is 2.39. The highest BCUT2D eigenvalue weighted by molar-refractivity contribution is 6.03. The Balaban J connectivity index is 2.50. The highest BCUT2D eigenvalue weighted by Gasteiger charge is 2.16. The minimum absolute atomic E-state index is 0.318. The number of carboxylic acid groups (broad SMARTS) is 1. The Kier molecular flexibility index (Phi) is 4.78. The maximum atomic E-state index is 11.5. The van der Waals surface area contributed by atoms with Crippen LogP contribution in [0.2, 0.25) is 0 Å². The van der Waals surface area contributed by atoms with E-state index in [1.165, 1.54) is 0 Å². The lowest BCUT2D eigenvalue weighted by atomic mass is 10.1. The monoisotopic (exact) mass is 286 g/mol. The van der Waals surface area contributed by atoms with Crippen molar-refractivity contribution in [2.24, 2.45) is 5.92 Å². The van der Waals surface area contributed by atoms with E-state index < -0.39 is 5.97 Å². The summed E-state index contributed by atoms with van der Waals surface area (Å²) in [6, 6.07) is 9.09. The summed E-state index contributed by atoms with van der Waals surface area (Å²) in [6.07, 6.45) is 1.09. The van der Waals surface area contributed by atoms with Crippen LogP contribution in [0.15, 0.2) is 30.3 Å². The first-order valence-corrected chi connectivity index (χ1v) is 7.44. The van der Waals surface area contributed by atoms with Gasteiger partial charge in [-0.2, -0.15) is 0 Å². The lowest BCUT2D eigenvalue weighted by molar-refractivity contribution is 0.0699. The molecule has 112 valence electrons. The van der Waals surface area contributed by atoms with Crippen LogP contribution in [0.5, 0.6) is 0 Å². The summed E-state index contributed by atoms with van der Waals surface area (Å²) >= 11 is 0. The first kappa shape index (κ1) is 15.3. The van der Waals surface area contributed by atoms with Gasteiger partial charge in [-0.15, -0.1) is 0 Å².